The quantitative estimate of drug-likeness (QED) is 0.229. The van der Waals surface area contributed by atoms with Crippen LogP contribution >= 0.6 is 11.8 Å². The van der Waals surface area contributed by atoms with Crippen LogP contribution in [0.15, 0.2) is 112 Å². The van der Waals surface area contributed by atoms with E-state index in [1.54, 1.807) is 37.7 Å². The molecular weight excluding hydrogens is 458 g/mol. The van der Waals surface area contributed by atoms with E-state index in [2.05, 4.69) is 4.98 Å². The van der Waals surface area contributed by atoms with Gasteiger partial charge in [-0.15, -0.1) is 0 Å². The van der Waals surface area contributed by atoms with Crippen molar-refractivity contribution in [2.45, 2.75) is 17.5 Å². The lowest BCUT2D eigenvalue weighted by atomic mass is 10.1. The summed E-state index contributed by atoms with van der Waals surface area (Å²) < 4.78 is 17.7. The van der Waals surface area contributed by atoms with E-state index in [4.69, 9.17) is 13.9 Å². The fourth-order valence-electron chi connectivity index (χ4n) is 3.81. The molecule has 2 heterocycles. The van der Waals surface area contributed by atoms with E-state index in [-0.39, 0.29) is 5.43 Å². The van der Waals surface area contributed by atoms with Gasteiger partial charge >= 0.3 is 0 Å². The highest BCUT2D eigenvalue weighted by molar-refractivity contribution is 7.98. The number of hydrogen-bond acceptors (Lipinski definition) is 6. The molecule has 0 atom stereocenters. The Morgan fingerprint density at radius 2 is 1.69 bits per heavy atom. The molecule has 0 aliphatic carbocycles. The van der Waals surface area contributed by atoms with E-state index < -0.39 is 0 Å². The number of aromatic nitrogens is 1. The molecule has 0 amide bonds. The molecule has 5 nitrogen and oxygen atoms in total. The molecule has 0 N–H and O–H groups in total. The summed E-state index contributed by atoms with van der Waals surface area (Å²) in [6, 6.07) is 26.6. The molecule has 0 spiro atoms. The lowest BCUT2D eigenvalue weighted by molar-refractivity contribution is 0.296. The fourth-order valence-corrected chi connectivity index (χ4v) is 4.80. The largest absolute Gasteiger partial charge is 0.496 e. The van der Waals surface area contributed by atoms with Gasteiger partial charge in [0.2, 0.25) is 5.43 Å². The normalized spacial score (nSPS) is 10.9. The molecule has 2 aromatic heterocycles. The molecule has 0 saturated heterocycles. The van der Waals surface area contributed by atoms with Gasteiger partial charge in [-0.25, -0.2) is 0 Å². The smallest absolute Gasteiger partial charge is 0.201 e. The molecule has 0 radical (unpaired) electrons. The Bertz CT molecular complexity index is 1500. The Morgan fingerprint density at radius 3 is 2.49 bits per heavy atom. The number of hydrogen-bond donors (Lipinski definition) is 0. The number of pyridine rings is 1. The third-order valence-corrected chi connectivity index (χ3v) is 6.63. The van der Waals surface area contributed by atoms with Gasteiger partial charge < -0.3 is 13.9 Å². The van der Waals surface area contributed by atoms with Crippen LogP contribution in [0.2, 0.25) is 0 Å². The molecule has 0 aliphatic rings. The van der Waals surface area contributed by atoms with Crippen molar-refractivity contribution in [3.8, 4) is 22.6 Å². The molecule has 0 bridgehead atoms. The number of thioether (sulfide) groups is 1. The van der Waals surface area contributed by atoms with Crippen LogP contribution in [0.5, 0.6) is 11.5 Å². The predicted molar refractivity (Wildman–Crippen MR) is 139 cm³/mol. The van der Waals surface area contributed by atoms with Gasteiger partial charge in [-0.2, -0.15) is 0 Å². The SMILES string of the molecule is COc1ccccc1COc1ccc2c(=O)c(-c3ccccc3)c(SCc3ccncc3)oc2c1. The van der Waals surface area contributed by atoms with Crippen LogP contribution in [0.25, 0.3) is 22.1 Å². The molecule has 0 saturated carbocycles. The molecule has 5 rings (SSSR count). The first-order chi connectivity index (χ1) is 17.2. The predicted octanol–water partition coefficient (Wildman–Crippen LogP) is 6.73. The Morgan fingerprint density at radius 1 is 0.914 bits per heavy atom. The minimum absolute atomic E-state index is 0.0639. The maximum Gasteiger partial charge on any atom is 0.201 e. The number of para-hydroxylation sites is 1. The first-order valence-electron chi connectivity index (χ1n) is 11.2. The topological polar surface area (TPSA) is 61.6 Å². The summed E-state index contributed by atoms with van der Waals surface area (Å²) in [4.78, 5) is 17.7. The molecular formula is C29H23NO4S. The van der Waals surface area contributed by atoms with Crippen LogP contribution in [0.1, 0.15) is 11.1 Å². The minimum atomic E-state index is -0.0639. The van der Waals surface area contributed by atoms with E-state index in [1.807, 2.05) is 66.7 Å². The second kappa shape index (κ2) is 10.5. The standard InChI is InChI=1S/C29H23NO4S/c1-32-25-10-6-5-9-22(25)18-33-23-11-12-24-26(17-23)34-29(35-19-20-13-15-30-16-14-20)27(28(24)31)21-7-3-2-4-8-21/h2-17H,18-19H2,1H3. The zero-order valence-electron chi connectivity index (χ0n) is 19.1. The van der Waals surface area contributed by atoms with Crippen molar-refractivity contribution in [2.24, 2.45) is 0 Å². The average molecular weight is 482 g/mol. The van der Waals surface area contributed by atoms with Crippen LogP contribution < -0.4 is 14.9 Å². The average Bonchev–Trinajstić information content (AvgIpc) is 2.92. The van der Waals surface area contributed by atoms with E-state index >= 15 is 0 Å². The Hall–Kier alpha value is -4.03. The zero-order valence-corrected chi connectivity index (χ0v) is 20.0. The maximum atomic E-state index is 13.6. The van der Waals surface area contributed by atoms with Gasteiger partial charge in [0.15, 0.2) is 5.09 Å². The Kier molecular flexibility index (Phi) is 6.82. The van der Waals surface area contributed by atoms with Crippen molar-refractivity contribution >= 4 is 22.7 Å². The summed E-state index contributed by atoms with van der Waals surface area (Å²) in [6.45, 7) is 0.339. The van der Waals surface area contributed by atoms with Crippen molar-refractivity contribution in [3.05, 3.63) is 119 Å². The summed E-state index contributed by atoms with van der Waals surface area (Å²) >= 11 is 1.49. The van der Waals surface area contributed by atoms with Crippen LogP contribution in [0.3, 0.4) is 0 Å². The second-order valence-corrected chi connectivity index (χ2v) is 8.81. The molecule has 0 aliphatic heterocycles. The molecule has 35 heavy (non-hydrogen) atoms. The molecule has 0 unspecified atom stereocenters. The monoisotopic (exact) mass is 481 g/mol. The van der Waals surface area contributed by atoms with Gasteiger partial charge in [-0.1, -0.05) is 60.3 Å². The zero-order chi connectivity index (χ0) is 24.0. The number of fused-ring (bicyclic) bond motifs is 1. The van der Waals surface area contributed by atoms with Crippen LogP contribution in [0.4, 0.5) is 0 Å². The molecule has 0 fully saturated rings. The summed E-state index contributed by atoms with van der Waals surface area (Å²) in [6.07, 6.45) is 3.52. The van der Waals surface area contributed by atoms with Gasteiger partial charge in [0.1, 0.15) is 23.7 Å². The summed E-state index contributed by atoms with van der Waals surface area (Å²) in [5.41, 5.74) is 3.86. The third kappa shape index (κ3) is 5.08. The van der Waals surface area contributed by atoms with Gasteiger partial charge in [0, 0.05) is 29.8 Å². The van der Waals surface area contributed by atoms with Gasteiger partial charge in [0.05, 0.1) is 18.1 Å². The van der Waals surface area contributed by atoms with Crippen LogP contribution in [-0.2, 0) is 12.4 Å². The number of rotatable bonds is 8. The van der Waals surface area contributed by atoms with E-state index in [9.17, 15) is 4.79 Å². The molecule has 6 heteroatoms. The van der Waals surface area contributed by atoms with Gasteiger partial charge in [-0.3, -0.25) is 9.78 Å². The van der Waals surface area contributed by atoms with Gasteiger partial charge in [0.25, 0.3) is 0 Å². The maximum absolute atomic E-state index is 13.6. The molecule has 5 aromatic rings. The number of benzene rings is 3. The number of methoxy groups -OCH3 is 1. The lowest BCUT2D eigenvalue weighted by Gasteiger charge is -2.12. The minimum Gasteiger partial charge on any atom is -0.496 e. The van der Waals surface area contributed by atoms with Crippen LogP contribution in [0, 0.1) is 0 Å². The van der Waals surface area contributed by atoms with Gasteiger partial charge in [-0.05, 0) is 41.5 Å². The van der Waals surface area contributed by atoms with Crippen molar-refractivity contribution in [1.29, 1.82) is 0 Å². The third-order valence-electron chi connectivity index (χ3n) is 5.60. The number of nitrogens with zero attached hydrogens (tertiary/aromatic N) is 1. The highest BCUT2D eigenvalue weighted by Crippen LogP contribution is 2.34. The molecule has 174 valence electrons. The summed E-state index contributed by atoms with van der Waals surface area (Å²) in [5.74, 6) is 2.03. The second-order valence-electron chi connectivity index (χ2n) is 7.86. The van der Waals surface area contributed by atoms with E-state index in [0.717, 1.165) is 22.4 Å². The van der Waals surface area contributed by atoms with Crippen molar-refractivity contribution in [1.82, 2.24) is 4.98 Å². The van der Waals surface area contributed by atoms with Crippen LogP contribution in [-0.4, -0.2) is 12.1 Å². The fraction of sp³-hybridized carbons (Fsp3) is 0.103. The highest BCUT2D eigenvalue weighted by atomic mass is 32.2. The summed E-state index contributed by atoms with van der Waals surface area (Å²) in [7, 11) is 1.64. The van der Waals surface area contributed by atoms with Crippen molar-refractivity contribution < 1.29 is 13.9 Å². The van der Waals surface area contributed by atoms with Crippen molar-refractivity contribution in [2.75, 3.05) is 7.11 Å². The van der Waals surface area contributed by atoms with E-state index in [1.165, 1.54) is 11.8 Å². The van der Waals surface area contributed by atoms with Crippen molar-refractivity contribution in [3.63, 3.8) is 0 Å². The lowest BCUT2D eigenvalue weighted by Crippen LogP contribution is -2.07. The first-order valence-corrected chi connectivity index (χ1v) is 12.1. The molecule has 3 aromatic carbocycles. The Balaban J connectivity index is 1.51. The van der Waals surface area contributed by atoms with E-state index in [0.29, 0.717) is 39.7 Å². The Labute approximate surface area is 207 Å². The summed E-state index contributed by atoms with van der Waals surface area (Å²) in [5, 5.41) is 1.09. The first kappa shape index (κ1) is 22.7. The highest BCUT2D eigenvalue weighted by Gasteiger charge is 2.17. The number of ether oxygens (including phenoxy) is 2.